The first kappa shape index (κ1) is 15.1. The summed E-state index contributed by atoms with van der Waals surface area (Å²) in [6.07, 6.45) is 5.48. The molecule has 0 spiro atoms. The first-order valence-corrected chi connectivity index (χ1v) is 8.64. The summed E-state index contributed by atoms with van der Waals surface area (Å²) >= 11 is 0. The highest BCUT2D eigenvalue weighted by Gasteiger charge is 2.27. The van der Waals surface area contributed by atoms with E-state index in [0.29, 0.717) is 5.41 Å². The molecule has 1 saturated heterocycles. The Kier molecular flexibility index (Phi) is 4.66. The third-order valence-corrected chi connectivity index (χ3v) is 5.41. The minimum Gasteiger partial charge on any atom is -0.314 e. The van der Waals surface area contributed by atoms with Crippen molar-refractivity contribution in [3.05, 3.63) is 35.4 Å². The van der Waals surface area contributed by atoms with E-state index in [1.165, 1.54) is 44.3 Å². The summed E-state index contributed by atoms with van der Waals surface area (Å²) in [5.41, 5.74) is 3.60. The van der Waals surface area contributed by atoms with Crippen LogP contribution in [-0.4, -0.2) is 31.1 Å². The molecule has 2 nitrogen and oxygen atoms in total. The lowest BCUT2D eigenvalue weighted by atomic mass is 9.71. The van der Waals surface area contributed by atoms with E-state index in [-0.39, 0.29) is 0 Å². The third-order valence-electron chi connectivity index (χ3n) is 5.41. The van der Waals surface area contributed by atoms with Crippen molar-refractivity contribution in [3.63, 3.8) is 0 Å². The molecule has 2 heteroatoms. The number of nitrogens with zero attached hydrogens (tertiary/aromatic N) is 1. The lowest BCUT2D eigenvalue weighted by Crippen LogP contribution is -2.42. The highest BCUT2D eigenvalue weighted by Crippen LogP contribution is 2.42. The first-order valence-electron chi connectivity index (χ1n) is 8.64. The molecule has 2 fully saturated rings. The molecule has 0 unspecified atom stereocenters. The predicted molar refractivity (Wildman–Crippen MR) is 89.6 cm³/mol. The van der Waals surface area contributed by atoms with Gasteiger partial charge in [-0.3, -0.25) is 4.90 Å². The molecule has 0 radical (unpaired) electrons. The molecule has 0 atom stereocenters. The van der Waals surface area contributed by atoms with Gasteiger partial charge in [-0.15, -0.1) is 0 Å². The summed E-state index contributed by atoms with van der Waals surface area (Å²) < 4.78 is 0. The van der Waals surface area contributed by atoms with E-state index in [1.807, 2.05) is 0 Å². The zero-order chi connectivity index (χ0) is 14.7. The minimum atomic E-state index is 0.568. The van der Waals surface area contributed by atoms with Gasteiger partial charge in [0.2, 0.25) is 0 Å². The van der Waals surface area contributed by atoms with Crippen LogP contribution in [0.4, 0.5) is 0 Å². The van der Waals surface area contributed by atoms with Crippen LogP contribution in [-0.2, 0) is 6.54 Å². The molecule has 1 aromatic carbocycles. The topological polar surface area (TPSA) is 15.3 Å². The van der Waals surface area contributed by atoms with Gasteiger partial charge < -0.3 is 5.32 Å². The lowest BCUT2D eigenvalue weighted by molar-refractivity contribution is 0.224. The monoisotopic (exact) mass is 286 g/mol. The Bertz CT molecular complexity index is 433. The highest BCUT2D eigenvalue weighted by molar-refractivity contribution is 5.26. The van der Waals surface area contributed by atoms with Gasteiger partial charge in [0.15, 0.2) is 0 Å². The van der Waals surface area contributed by atoms with E-state index in [0.717, 1.165) is 25.6 Å². The number of hydrogen-bond acceptors (Lipinski definition) is 2. The van der Waals surface area contributed by atoms with Crippen LogP contribution >= 0.6 is 0 Å². The van der Waals surface area contributed by atoms with E-state index < -0.39 is 0 Å². The van der Waals surface area contributed by atoms with Crippen LogP contribution in [0, 0.1) is 5.41 Å². The largest absolute Gasteiger partial charge is 0.314 e. The molecule has 0 aromatic heterocycles. The fraction of sp³-hybridized carbons (Fsp3) is 0.684. The molecule has 3 rings (SSSR count). The Morgan fingerprint density at radius 3 is 2.29 bits per heavy atom. The van der Waals surface area contributed by atoms with Crippen LogP contribution in [0.25, 0.3) is 0 Å². The number of rotatable bonds is 3. The van der Waals surface area contributed by atoms with Crippen molar-refractivity contribution in [2.45, 2.75) is 52.0 Å². The van der Waals surface area contributed by atoms with Crippen LogP contribution < -0.4 is 5.32 Å². The summed E-state index contributed by atoms with van der Waals surface area (Å²) in [5.74, 6) is 0.797. The van der Waals surface area contributed by atoms with Crippen molar-refractivity contribution in [2.75, 3.05) is 26.2 Å². The van der Waals surface area contributed by atoms with Gasteiger partial charge in [0.05, 0.1) is 0 Å². The summed E-state index contributed by atoms with van der Waals surface area (Å²) in [6, 6.07) is 9.50. The Morgan fingerprint density at radius 1 is 1.05 bits per heavy atom. The van der Waals surface area contributed by atoms with Gasteiger partial charge in [0.1, 0.15) is 0 Å². The van der Waals surface area contributed by atoms with Gasteiger partial charge >= 0.3 is 0 Å². The second kappa shape index (κ2) is 6.50. The predicted octanol–water partition coefficient (Wildman–Crippen LogP) is 3.78. The average molecular weight is 286 g/mol. The highest BCUT2D eigenvalue weighted by atomic mass is 15.2. The molecule has 0 bridgehead atoms. The van der Waals surface area contributed by atoms with E-state index in [9.17, 15) is 0 Å². The SMILES string of the molecule is CC1(C)CCC(c2ccc(CN3CCNCC3)cc2)CC1. The van der Waals surface area contributed by atoms with Crippen molar-refractivity contribution in [1.82, 2.24) is 10.2 Å². The quantitative estimate of drug-likeness (QED) is 0.910. The Hall–Kier alpha value is -0.860. The molecule has 1 aliphatic heterocycles. The van der Waals surface area contributed by atoms with Crippen LogP contribution in [0.1, 0.15) is 56.6 Å². The van der Waals surface area contributed by atoms with E-state index in [4.69, 9.17) is 0 Å². The van der Waals surface area contributed by atoms with E-state index in [2.05, 4.69) is 48.3 Å². The van der Waals surface area contributed by atoms with Crippen molar-refractivity contribution in [2.24, 2.45) is 5.41 Å². The number of piperazine rings is 1. The fourth-order valence-electron chi connectivity index (χ4n) is 3.76. The maximum Gasteiger partial charge on any atom is 0.0234 e. The van der Waals surface area contributed by atoms with Crippen molar-refractivity contribution in [3.8, 4) is 0 Å². The lowest BCUT2D eigenvalue weighted by Gasteiger charge is -2.34. The van der Waals surface area contributed by atoms with Crippen molar-refractivity contribution >= 4 is 0 Å². The average Bonchev–Trinajstić information content (AvgIpc) is 2.49. The van der Waals surface area contributed by atoms with Crippen molar-refractivity contribution < 1.29 is 0 Å². The Morgan fingerprint density at radius 2 is 1.67 bits per heavy atom. The second-order valence-electron chi connectivity index (χ2n) is 7.71. The molecule has 1 heterocycles. The zero-order valence-electron chi connectivity index (χ0n) is 13.7. The number of hydrogen-bond donors (Lipinski definition) is 1. The van der Waals surface area contributed by atoms with Crippen LogP contribution in [0.15, 0.2) is 24.3 Å². The molecule has 116 valence electrons. The summed E-state index contributed by atoms with van der Waals surface area (Å²) in [6.45, 7) is 10.6. The Balaban J connectivity index is 1.56. The van der Waals surface area contributed by atoms with Gasteiger partial charge in [0.25, 0.3) is 0 Å². The standard InChI is InChI=1S/C19H30N2/c1-19(2)9-7-18(8-10-19)17-5-3-16(4-6-17)15-21-13-11-20-12-14-21/h3-6,18,20H,7-15H2,1-2H3. The van der Waals surface area contributed by atoms with Gasteiger partial charge in [-0.2, -0.15) is 0 Å². The molecule has 2 aliphatic rings. The molecule has 1 N–H and O–H groups in total. The maximum atomic E-state index is 3.42. The zero-order valence-corrected chi connectivity index (χ0v) is 13.7. The molecular weight excluding hydrogens is 256 g/mol. The number of nitrogens with one attached hydrogen (secondary N) is 1. The second-order valence-corrected chi connectivity index (χ2v) is 7.71. The van der Waals surface area contributed by atoms with Gasteiger partial charge in [-0.05, 0) is 48.1 Å². The maximum absolute atomic E-state index is 3.42. The molecule has 21 heavy (non-hydrogen) atoms. The van der Waals surface area contributed by atoms with Crippen LogP contribution in [0.3, 0.4) is 0 Å². The summed E-state index contributed by atoms with van der Waals surface area (Å²) in [5, 5.41) is 3.42. The van der Waals surface area contributed by atoms with E-state index in [1.54, 1.807) is 5.56 Å². The fourth-order valence-corrected chi connectivity index (χ4v) is 3.76. The molecule has 1 aliphatic carbocycles. The van der Waals surface area contributed by atoms with Crippen LogP contribution in [0.2, 0.25) is 0 Å². The summed E-state index contributed by atoms with van der Waals surface area (Å²) in [4.78, 5) is 2.55. The molecule has 1 aromatic rings. The Labute approximate surface area is 129 Å². The first-order chi connectivity index (χ1) is 10.1. The van der Waals surface area contributed by atoms with Crippen LogP contribution in [0.5, 0.6) is 0 Å². The van der Waals surface area contributed by atoms with Gasteiger partial charge in [-0.1, -0.05) is 38.1 Å². The minimum absolute atomic E-state index is 0.568. The molecule has 0 amide bonds. The summed E-state index contributed by atoms with van der Waals surface area (Å²) in [7, 11) is 0. The third kappa shape index (κ3) is 4.08. The van der Waals surface area contributed by atoms with Gasteiger partial charge in [-0.25, -0.2) is 0 Å². The number of benzene rings is 1. The van der Waals surface area contributed by atoms with Crippen molar-refractivity contribution in [1.29, 1.82) is 0 Å². The smallest absolute Gasteiger partial charge is 0.0234 e. The van der Waals surface area contributed by atoms with Gasteiger partial charge in [0, 0.05) is 32.7 Å². The molecule has 1 saturated carbocycles. The molecular formula is C19H30N2. The normalized spacial score (nSPS) is 24.1. The van der Waals surface area contributed by atoms with E-state index >= 15 is 0 Å².